The molecule has 0 bridgehead atoms. The maximum Gasteiger partial charge on any atom is 0.251 e. The molecule has 0 spiro atoms. The lowest BCUT2D eigenvalue weighted by atomic mass is 9.65. The number of hydrogen-bond donors (Lipinski definition) is 4. The summed E-state index contributed by atoms with van der Waals surface area (Å²) in [6.07, 6.45) is -0.401. The maximum absolute atomic E-state index is 14.4. The van der Waals surface area contributed by atoms with Crippen molar-refractivity contribution >= 4 is 11.7 Å². The number of aliphatic hydroxyl groups is 2. The Morgan fingerprint density at radius 2 is 1.94 bits per heavy atom. The number of carbonyl (C=O) groups is 1. The molecule has 0 radical (unpaired) electrons. The molecule has 1 unspecified atom stereocenters. The first kappa shape index (κ1) is 24.6. The Morgan fingerprint density at radius 3 is 2.60 bits per heavy atom. The van der Waals surface area contributed by atoms with Gasteiger partial charge in [-0.1, -0.05) is 0 Å². The smallest absolute Gasteiger partial charge is 0.251 e. The Morgan fingerprint density at radius 1 is 1.14 bits per heavy atom. The van der Waals surface area contributed by atoms with Gasteiger partial charge in [0.15, 0.2) is 0 Å². The van der Waals surface area contributed by atoms with Gasteiger partial charge >= 0.3 is 0 Å². The molecule has 2 aromatic heterocycles. The van der Waals surface area contributed by atoms with E-state index in [0.717, 1.165) is 6.07 Å². The zero-order valence-electron chi connectivity index (χ0n) is 18.6. The van der Waals surface area contributed by atoms with E-state index in [2.05, 4.69) is 25.8 Å². The molecule has 1 aliphatic rings. The predicted octanol–water partition coefficient (Wildman–Crippen LogP) is 2.38. The molecule has 8 nitrogen and oxygen atoms in total. The highest BCUT2D eigenvalue weighted by atomic mass is 19.1. The second-order valence-corrected chi connectivity index (χ2v) is 8.52. The van der Waals surface area contributed by atoms with E-state index >= 15 is 0 Å². The van der Waals surface area contributed by atoms with Crippen LogP contribution < -0.4 is 10.6 Å². The molecule has 1 aliphatic carbocycles. The van der Waals surface area contributed by atoms with Gasteiger partial charge in [-0.15, -0.1) is 10.2 Å². The highest BCUT2D eigenvalue weighted by Crippen LogP contribution is 2.45. The van der Waals surface area contributed by atoms with Crippen molar-refractivity contribution in [1.82, 2.24) is 20.5 Å². The van der Waals surface area contributed by atoms with E-state index in [-0.39, 0.29) is 48.4 Å². The zero-order valence-corrected chi connectivity index (χ0v) is 18.6. The highest BCUT2D eigenvalue weighted by molar-refractivity contribution is 5.95. The van der Waals surface area contributed by atoms with Crippen molar-refractivity contribution in [3.05, 3.63) is 71.6 Å². The van der Waals surface area contributed by atoms with E-state index in [0.29, 0.717) is 5.82 Å². The van der Waals surface area contributed by atoms with Crippen LogP contribution in [0.3, 0.4) is 0 Å². The number of aromatic nitrogens is 3. The summed E-state index contributed by atoms with van der Waals surface area (Å²) < 4.78 is 42.5. The van der Waals surface area contributed by atoms with Gasteiger partial charge in [0, 0.05) is 35.8 Å². The Kier molecular flexibility index (Phi) is 7.27. The average Bonchev–Trinajstić information content (AvgIpc) is 2.85. The topological polar surface area (TPSA) is 120 Å². The van der Waals surface area contributed by atoms with Crippen LogP contribution in [0.1, 0.15) is 28.9 Å². The summed E-state index contributed by atoms with van der Waals surface area (Å²) in [6.45, 7) is -0.467. The first-order valence-corrected chi connectivity index (χ1v) is 11.0. The standard InChI is InChI=1S/C24H24F3N5O3/c25-15-9-24(10-15,22-19(27)2-1-7-28-22)13-30-21-6-5-20(31-32-21)17-8-14(3-4-18(17)26)23(35)29-11-16(34)12-33/h1-8,15-16,33-34H,9-13H2,(H,29,35)(H,30,32). The van der Waals surface area contributed by atoms with E-state index in [1.807, 2.05) is 0 Å². The minimum absolute atomic E-state index is 0.0469. The summed E-state index contributed by atoms with van der Waals surface area (Å²) >= 11 is 0. The molecule has 1 atom stereocenters. The summed E-state index contributed by atoms with van der Waals surface area (Å²) in [4.78, 5) is 16.4. The van der Waals surface area contributed by atoms with E-state index in [1.165, 1.54) is 36.5 Å². The van der Waals surface area contributed by atoms with Crippen molar-refractivity contribution in [3.8, 4) is 11.3 Å². The number of aliphatic hydroxyl groups excluding tert-OH is 2. The lowest BCUT2D eigenvalue weighted by Gasteiger charge is -2.44. The van der Waals surface area contributed by atoms with Crippen LogP contribution in [0.15, 0.2) is 48.7 Å². The first-order chi connectivity index (χ1) is 16.8. The highest BCUT2D eigenvalue weighted by Gasteiger charge is 2.48. The van der Waals surface area contributed by atoms with Gasteiger partial charge in [0.05, 0.1) is 24.1 Å². The largest absolute Gasteiger partial charge is 0.394 e. The SMILES string of the molecule is O=C(NCC(O)CO)c1ccc(F)c(-c2ccc(NCC3(c4ncccc4F)CC(F)C3)nn2)c1. The summed E-state index contributed by atoms with van der Waals surface area (Å²) in [5, 5.41) is 31.8. The van der Waals surface area contributed by atoms with Gasteiger partial charge in [-0.05, 0) is 55.3 Å². The summed E-state index contributed by atoms with van der Waals surface area (Å²) in [5.41, 5.74) is -0.236. The number of amides is 1. The molecule has 1 fully saturated rings. The predicted molar refractivity (Wildman–Crippen MR) is 121 cm³/mol. The molecule has 4 rings (SSSR count). The minimum Gasteiger partial charge on any atom is -0.394 e. The molecule has 0 saturated heterocycles. The number of pyridine rings is 1. The molecule has 3 aromatic rings. The van der Waals surface area contributed by atoms with Crippen LogP contribution in [-0.2, 0) is 5.41 Å². The number of halogens is 3. The molecule has 184 valence electrons. The molecule has 1 aromatic carbocycles. The van der Waals surface area contributed by atoms with Crippen molar-refractivity contribution in [3.63, 3.8) is 0 Å². The molecular weight excluding hydrogens is 463 g/mol. The van der Waals surface area contributed by atoms with Crippen LogP contribution in [-0.4, -0.2) is 63.3 Å². The molecule has 35 heavy (non-hydrogen) atoms. The maximum atomic E-state index is 14.4. The Hall–Kier alpha value is -3.57. The number of benzene rings is 1. The number of rotatable bonds is 9. The number of hydrogen-bond acceptors (Lipinski definition) is 7. The van der Waals surface area contributed by atoms with Crippen LogP contribution in [0.4, 0.5) is 19.0 Å². The quantitative estimate of drug-likeness (QED) is 0.366. The van der Waals surface area contributed by atoms with Gasteiger partial charge < -0.3 is 20.8 Å². The molecular formula is C24H24F3N5O3. The van der Waals surface area contributed by atoms with E-state index < -0.39 is 41.8 Å². The number of carbonyl (C=O) groups excluding carboxylic acids is 1. The Labute approximate surface area is 199 Å². The fourth-order valence-corrected chi connectivity index (χ4v) is 4.06. The third kappa shape index (κ3) is 5.41. The van der Waals surface area contributed by atoms with E-state index in [1.54, 1.807) is 6.07 Å². The van der Waals surface area contributed by atoms with Crippen molar-refractivity contribution < 1.29 is 28.2 Å². The fraction of sp³-hybridized carbons (Fsp3) is 0.333. The van der Waals surface area contributed by atoms with E-state index in [9.17, 15) is 23.1 Å². The van der Waals surface area contributed by atoms with Crippen molar-refractivity contribution in [2.75, 3.05) is 25.0 Å². The van der Waals surface area contributed by atoms with E-state index in [4.69, 9.17) is 5.11 Å². The fourth-order valence-electron chi connectivity index (χ4n) is 4.06. The van der Waals surface area contributed by atoms with Gasteiger partial charge in [-0.25, -0.2) is 13.2 Å². The third-order valence-electron chi connectivity index (χ3n) is 5.97. The van der Waals surface area contributed by atoms with Gasteiger partial charge in [-0.3, -0.25) is 9.78 Å². The number of nitrogens with zero attached hydrogens (tertiary/aromatic N) is 3. The average molecular weight is 487 g/mol. The molecule has 1 saturated carbocycles. The van der Waals surface area contributed by atoms with Crippen LogP contribution in [0.2, 0.25) is 0 Å². The molecule has 0 aliphatic heterocycles. The molecule has 1 amide bonds. The second-order valence-electron chi connectivity index (χ2n) is 8.52. The van der Waals surface area contributed by atoms with Gasteiger partial charge in [-0.2, -0.15) is 0 Å². The van der Waals surface area contributed by atoms with Crippen LogP contribution in [0.5, 0.6) is 0 Å². The number of alkyl halides is 1. The lowest BCUT2D eigenvalue weighted by molar-refractivity contribution is 0.0802. The van der Waals surface area contributed by atoms with Crippen LogP contribution in [0.25, 0.3) is 11.3 Å². The minimum atomic E-state index is -1.10. The van der Waals surface area contributed by atoms with Crippen molar-refractivity contribution in [2.45, 2.75) is 30.5 Å². The number of anilines is 1. The lowest BCUT2D eigenvalue weighted by Crippen LogP contribution is -2.49. The normalized spacial score (nSPS) is 20.1. The van der Waals surface area contributed by atoms with Crippen LogP contribution >= 0.6 is 0 Å². The molecule has 11 heteroatoms. The summed E-state index contributed by atoms with van der Waals surface area (Å²) in [6, 6.07) is 9.55. The Balaban J connectivity index is 1.46. The third-order valence-corrected chi connectivity index (χ3v) is 5.97. The second kappa shape index (κ2) is 10.4. The Bertz CT molecular complexity index is 1190. The zero-order chi connectivity index (χ0) is 25.0. The van der Waals surface area contributed by atoms with Crippen molar-refractivity contribution in [2.24, 2.45) is 0 Å². The summed E-state index contributed by atoms with van der Waals surface area (Å²) in [5.74, 6) is -1.32. The van der Waals surface area contributed by atoms with Gasteiger partial charge in [0.1, 0.15) is 23.6 Å². The summed E-state index contributed by atoms with van der Waals surface area (Å²) in [7, 11) is 0. The van der Waals surface area contributed by atoms with Gasteiger partial charge in [0.2, 0.25) is 0 Å². The van der Waals surface area contributed by atoms with Crippen molar-refractivity contribution in [1.29, 1.82) is 0 Å². The molecule has 2 heterocycles. The first-order valence-electron chi connectivity index (χ1n) is 11.0. The number of nitrogens with one attached hydrogen (secondary N) is 2. The molecule has 4 N–H and O–H groups in total. The van der Waals surface area contributed by atoms with Crippen LogP contribution in [0, 0.1) is 11.6 Å². The van der Waals surface area contributed by atoms with Gasteiger partial charge in [0.25, 0.3) is 5.91 Å². The monoisotopic (exact) mass is 487 g/mol.